The zero-order chi connectivity index (χ0) is 14.9. The molecule has 108 valence electrons. The molecule has 7 nitrogen and oxygen atoms in total. The van der Waals surface area contributed by atoms with E-state index in [0.29, 0.717) is 11.7 Å². The lowest BCUT2D eigenvalue weighted by atomic mass is 9.98. The van der Waals surface area contributed by atoms with Crippen molar-refractivity contribution in [1.29, 1.82) is 0 Å². The average molecular weight is 278 g/mol. The SMILES string of the molecule is CNc1cc(C(=O)NC(C)(C)C2CC2)c([N+](=O)[O-])cn1. The van der Waals surface area contributed by atoms with Crippen LogP contribution in [0.1, 0.15) is 37.0 Å². The third-order valence-corrected chi connectivity index (χ3v) is 3.61. The van der Waals surface area contributed by atoms with Crippen molar-refractivity contribution in [2.75, 3.05) is 12.4 Å². The van der Waals surface area contributed by atoms with Crippen LogP contribution in [0.4, 0.5) is 11.5 Å². The first-order chi connectivity index (χ1) is 9.35. The van der Waals surface area contributed by atoms with Gasteiger partial charge in [0.2, 0.25) is 0 Å². The van der Waals surface area contributed by atoms with Gasteiger partial charge in [-0.15, -0.1) is 0 Å². The number of amides is 1. The van der Waals surface area contributed by atoms with Crippen LogP contribution in [0.5, 0.6) is 0 Å². The molecule has 1 aromatic heterocycles. The summed E-state index contributed by atoms with van der Waals surface area (Å²) >= 11 is 0. The van der Waals surface area contributed by atoms with E-state index in [4.69, 9.17) is 0 Å². The Morgan fingerprint density at radius 1 is 1.50 bits per heavy atom. The summed E-state index contributed by atoms with van der Waals surface area (Å²) in [6, 6.07) is 1.40. The van der Waals surface area contributed by atoms with Gasteiger partial charge in [-0.2, -0.15) is 0 Å². The van der Waals surface area contributed by atoms with E-state index in [-0.39, 0.29) is 16.8 Å². The Labute approximate surface area is 116 Å². The van der Waals surface area contributed by atoms with E-state index in [1.165, 1.54) is 6.07 Å². The minimum absolute atomic E-state index is 0.0306. The largest absolute Gasteiger partial charge is 0.373 e. The molecular weight excluding hydrogens is 260 g/mol. The molecule has 7 heteroatoms. The van der Waals surface area contributed by atoms with Crippen molar-refractivity contribution in [3.8, 4) is 0 Å². The number of anilines is 1. The highest BCUT2D eigenvalue weighted by Crippen LogP contribution is 2.39. The summed E-state index contributed by atoms with van der Waals surface area (Å²) < 4.78 is 0. The van der Waals surface area contributed by atoms with E-state index in [2.05, 4.69) is 15.6 Å². The first-order valence-electron chi connectivity index (χ1n) is 6.50. The fraction of sp³-hybridized carbons (Fsp3) is 0.538. The first kappa shape index (κ1) is 14.2. The second-order valence-electron chi connectivity index (χ2n) is 5.54. The van der Waals surface area contributed by atoms with Gasteiger partial charge >= 0.3 is 0 Å². The molecule has 1 heterocycles. The Hall–Kier alpha value is -2.18. The van der Waals surface area contributed by atoms with E-state index < -0.39 is 10.8 Å². The number of nitrogens with zero attached hydrogens (tertiary/aromatic N) is 2. The van der Waals surface area contributed by atoms with Crippen molar-refractivity contribution in [3.63, 3.8) is 0 Å². The topological polar surface area (TPSA) is 97.2 Å². The highest BCUT2D eigenvalue weighted by molar-refractivity contribution is 5.99. The Kier molecular flexibility index (Phi) is 3.61. The molecular formula is C13H18N4O3. The minimum atomic E-state index is -0.592. The molecule has 1 amide bonds. The molecule has 0 spiro atoms. The van der Waals surface area contributed by atoms with Gasteiger partial charge in [-0.05, 0) is 32.6 Å². The Morgan fingerprint density at radius 3 is 2.65 bits per heavy atom. The quantitative estimate of drug-likeness (QED) is 0.633. The van der Waals surface area contributed by atoms with Crippen molar-refractivity contribution in [2.45, 2.75) is 32.2 Å². The number of aromatic nitrogens is 1. The van der Waals surface area contributed by atoms with Crippen molar-refractivity contribution in [2.24, 2.45) is 5.92 Å². The zero-order valence-corrected chi connectivity index (χ0v) is 11.8. The maximum atomic E-state index is 12.3. The standard InChI is InChI=1S/C13H18N4O3/c1-13(2,8-4-5-8)16-12(18)9-6-11(14-3)15-7-10(9)17(19)20/h6-8H,4-5H2,1-3H3,(H,14,15)(H,16,18). The average Bonchev–Trinajstić information content (AvgIpc) is 3.21. The summed E-state index contributed by atoms with van der Waals surface area (Å²) in [5.74, 6) is 0.425. The molecule has 2 N–H and O–H groups in total. The summed E-state index contributed by atoms with van der Waals surface area (Å²) in [5.41, 5.74) is -0.607. The number of hydrogen-bond donors (Lipinski definition) is 2. The zero-order valence-electron chi connectivity index (χ0n) is 11.8. The van der Waals surface area contributed by atoms with Crippen LogP contribution in [0.2, 0.25) is 0 Å². The molecule has 0 atom stereocenters. The molecule has 0 bridgehead atoms. The second kappa shape index (κ2) is 5.07. The summed E-state index contributed by atoms with van der Waals surface area (Å²) in [6.07, 6.45) is 3.26. The predicted molar refractivity (Wildman–Crippen MR) is 74.7 cm³/mol. The number of nitro groups is 1. The van der Waals surface area contributed by atoms with E-state index in [1.54, 1.807) is 7.05 Å². The van der Waals surface area contributed by atoms with Crippen LogP contribution >= 0.6 is 0 Å². The molecule has 0 saturated heterocycles. The molecule has 1 aliphatic rings. The Bertz CT molecular complexity index is 553. The van der Waals surface area contributed by atoms with Crippen molar-refractivity contribution >= 4 is 17.4 Å². The fourth-order valence-electron chi connectivity index (χ4n) is 2.18. The van der Waals surface area contributed by atoms with E-state index >= 15 is 0 Å². The molecule has 0 aliphatic heterocycles. The molecule has 0 radical (unpaired) electrons. The molecule has 20 heavy (non-hydrogen) atoms. The summed E-state index contributed by atoms with van der Waals surface area (Å²) in [6.45, 7) is 3.88. The van der Waals surface area contributed by atoms with Gasteiger partial charge in [0.1, 0.15) is 17.6 Å². The van der Waals surface area contributed by atoms with Crippen LogP contribution < -0.4 is 10.6 Å². The van der Waals surface area contributed by atoms with Crippen molar-refractivity contribution in [1.82, 2.24) is 10.3 Å². The molecule has 0 aromatic carbocycles. The van der Waals surface area contributed by atoms with Gasteiger partial charge in [0.05, 0.1) is 4.92 Å². The second-order valence-corrected chi connectivity index (χ2v) is 5.54. The lowest BCUT2D eigenvalue weighted by Crippen LogP contribution is -2.45. The lowest BCUT2D eigenvalue weighted by molar-refractivity contribution is -0.385. The predicted octanol–water partition coefficient (Wildman–Crippen LogP) is 1.95. The Balaban J connectivity index is 2.29. The number of carbonyl (C=O) groups is 1. The van der Waals surface area contributed by atoms with Gasteiger partial charge in [0.25, 0.3) is 11.6 Å². The third-order valence-electron chi connectivity index (χ3n) is 3.61. The highest BCUT2D eigenvalue weighted by atomic mass is 16.6. The molecule has 2 rings (SSSR count). The Morgan fingerprint density at radius 2 is 2.15 bits per heavy atom. The van der Waals surface area contributed by atoms with Crippen LogP contribution in [0.25, 0.3) is 0 Å². The smallest absolute Gasteiger partial charge is 0.300 e. The van der Waals surface area contributed by atoms with Crippen molar-refractivity contribution < 1.29 is 9.72 Å². The summed E-state index contributed by atoms with van der Waals surface area (Å²) in [7, 11) is 1.64. The lowest BCUT2D eigenvalue weighted by Gasteiger charge is -2.26. The number of nitrogens with one attached hydrogen (secondary N) is 2. The number of pyridine rings is 1. The van der Waals surface area contributed by atoms with E-state index in [0.717, 1.165) is 19.0 Å². The molecule has 1 saturated carbocycles. The van der Waals surface area contributed by atoms with Crippen molar-refractivity contribution in [3.05, 3.63) is 27.9 Å². The van der Waals surface area contributed by atoms with Gasteiger partial charge in [-0.1, -0.05) is 0 Å². The number of rotatable bonds is 5. The first-order valence-corrected chi connectivity index (χ1v) is 6.50. The van der Waals surface area contributed by atoms with Gasteiger partial charge in [-0.25, -0.2) is 4.98 Å². The van der Waals surface area contributed by atoms with Crippen LogP contribution in [0.3, 0.4) is 0 Å². The summed E-state index contributed by atoms with van der Waals surface area (Å²) in [5, 5.41) is 16.7. The van der Waals surface area contributed by atoms with Crippen LogP contribution in [-0.4, -0.2) is 28.4 Å². The third kappa shape index (κ3) is 2.87. The molecule has 1 aliphatic carbocycles. The molecule has 1 aromatic rings. The fourth-order valence-corrected chi connectivity index (χ4v) is 2.18. The minimum Gasteiger partial charge on any atom is -0.373 e. The van der Waals surface area contributed by atoms with Gasteiger partial charge in [0, 0.05) is 18.7 Å². The maximum Gasteiger partial charge on any atom is 0.300 e. The molecule has 1 fully saturated rings. The van der Waals surface area contributed by atoms with Crippen LogP contribution in [0, 0.1) is 16.0 Å². The maximum absolute atomic E-state index is 12.3. The van der Waals surface area contributed by atoms with Crippen LogP contribution in [0.15, 0.2) is 12.3 Å². The number of hydrogen-bond acceptors (Lipinski definition) is 5. The van der Waals surface area contributed by atoms with Gasteiger partial charge in [0.15, 0.2) is 0 Å². The molecule has 0 unspecified atom stereocenters. The summed E-state index contributed by atoms with van der Waals surface area (Å²) in [4.78, 5) is 26.6. The monoisotopic (exact) mass is 278 g/mol. The van der Waals surface area contributed by atoms with Crippen LogP contribution in [-0.2, 0) is 0 Å². The number of carbonyl (C=O) groups excluding carboxylic acids is 1. The van der Waals surface area contributed by atoms with Gasteiger partial charge in [-0.3, -0.25) is 14.9 Å². The van der Waals surface area contributed by atoms with Gasteiger partial charge < -0.3 is 10.6 Å². The highest BCUT2D eigenvalue weighted by Gasteiger charge is 2.39. The normalized spacial score (nSPS) is 14.8. The van der Waals surface area contributed by atoms with E-state index in [1.807, 2.05) is 13.8 Å². The van der Waals surface area contributed by atoms with E-state index in [9.17, 15) is 14.9 Å².